The van der Waals surface area contributed by atoms with Crippen LogP contribution >= 0.6 is 0 Å². The molecule has 0 radical (unpaired) electrons. The van der Waals surface area contributed by atoms with Gasteiger partial charge in [0.1, 0.15) is 6.04 Å². The van der Waals surface area contributed by atoms with E-state index in [1.807, 2.05) is 0 Å². The topological polar surface area (TPSA) is 67.4 Å². The van der Waals surface area contributed by atoms with Crippen LogP contribution in [0.25, 0.3) is 0 Å². The summed E-state index contributed by atoms with van der Waals surface area (Å²) in [6.45, 7) is 0.159. The smallest absolute Gasteiger partial charge is 0.323 e. The number of esters is 1. The average Bonchev–Trinajstić information content (AvgIpc) is 3.01. The summed E-state index contributed by atoms with van der Waals surface area (Å²) < 4.78 is 4.65. The van der Waals surface area contributed by atoms with Crippen LogP contribution in [0.1, 0.15) is 12.8 Å². The van der Waals surface area contributed by atoms with Crippen LogP contribution in [-0.4, -0.2) is 38.6 Å². The molecule has 1 rings (SSSR count). The van der Waals surface area contributed by atoms with Crippen molar-refractivity contribution in [1.29, 1.82) is 0 Å². The maximum absolute atomic E-state index is 11.3. The number of rotatable bonds is 5. The second-order valence-corrected chi connectivity index (χ2v) is 3.39. The maximum Gasteiger partial charge on any atom is 0.323 e. The minimum absolute atomic E-state index is 0.125. The van der Waals surface area contributed by atoms with Crippen molar-refractivity contribution in [2.45, 2.75) is 18.9 Å². The van der Waals surface area contributed by atoms with E-state index in [1.165, 1.54) is 7.11 Å². The molecule has 14 heavy (non-hydrogen) atoms. The number of ether oxygens (including phenoxy) is 1. The van der Waals surface area contributed by atoms with Gasteiger partial charge in [-0.2, -0.15) is 0 Å². The summed E-state index contributed by atoms with van der Waals surface area (Å²) in [6.07, 6.45) is 2.06. The molecule has 0 aromatic carbocycles. The van der Waals surface area contributed by atoms with Crippen molar-refractivity contribution in [3.63, 3.8) is 0 Å². The zero-order valence-electron chi connectivity index (χ0n) is 8.50. The van der Waals surface area contributed by atoms with Gasteiger partial charge in [-0.25, -0.2) is 0 Å². The van der Waals surface area contributed by atoms with E-state index in [9.17, 15) is 9.59 Å². The van der Waals surface area contributed by atoms with E-state index >= 15 is 0 Å². The fourth-order valence-electron chi connectivity index (χ4n) is 1.29. The van der Waals surface area contributed by atoms with Crippen molar-refractivity contribution in [2.75, 3.05) is 20.7 Å². The molecule has 0 aromatic rings. The zero-order chi connectivity index (χ0) is 10.6. The monoisotopic (exact) mass is 200 g/mol. The maximum atomic E-state index is 11.3. The SMILES string of the molecule is CNC(=O)CNC(C(=O)OC)C1CC1. The Bertz CT molecular complexity index is 226. The number of likely N-dealkylation sites (N-methyl/N-ethyl adjacent to an activating group) is 1. The highest BCUT2D eigenvalue weighted by Crippen LogP contribution is 2.32. The largest absolute Gasteiger partial charge is 0.468 e. The molecular formula is C9H16N2O3. The van der Waals surface area contributed by atoms with E-state index in [2.05, 4.69) is 15.4 Å². The summed E-state index contributed by atoms with van der Waals surface area (Å²) in [7, 11) is 2.92. The van der Waals surface area contributed by atoms with Crippen LogP contribution in [0.15, 0.2) is 0 Å². The van der Waals surface area contributed by atoms with Gasteiger partial charge in [0.2, 0.25) is 5.91 Å². The van der Waals surface area contributed by atoms with Gasteiger partial charge < -0.3 is 10.1 Å². The quantitative estimate of drug-likeness (QED) is 0.574. The second-order valence-electron chi connectivity index (χ2n) is 3.39. The number of carbonyl (C=O) groups is 2. The number of hydrogen-bond acceptors (Lipinski definition) is 4. The van der Waals surface area contributed by atoms with E-state index in [0.717, 1.165) is 12.8 Å². The van der Waals surface area contributed by atoms with Crippen LogP contribution in [0.4, 0.5) is 0 Å². The van der Waals surface area contributed by atoms with Gasteiger partial charge in [0.25, 0.3) is 0 Å². The standard InChI is InChI=1S/C9H16N2O3/c1-10-7(12)5-11-8(6-3-4-6)9(13)14-2/h6,8,11H,3-5H2,1-2H3,(H,10,12). The Kier molecular flexibility index (Phi) is 3.88. The van der Waals surface area contributed by atoms with Gasteiger partial charge >= 0.3 is 5.97 Å². The molecule has 1 atom stereocenters. The normalized spacial score (nSPS) is 17.3. The molecule has 2 N–H and O–H groups in total. The van der Waals surface area contributed by atoms with Crippen LogP contribution in [0, 0.1) is 5.92 Å². The molecule has 1 fully saturated rings. The van der Waals surface area contributed by atoms with Crippen molar-refractivity contribution in [3.8, 4) is 0 Å². The lowest BCUT2D eigenvalue weighted by Crippen LogP contribution is -2.44. The van der Waals surface area contributed by atoms with E-state index < -0.39 is 0 Å². The Balaban J connectivity index is 2.35. The molecule has 1 amide bonds. The lowest BCUT2D eigenvalue weighted by molar-refractivity contribution is -0.143. The van der Waals surface area contributed by atoms with Crippen LogP contribution in [0.3, 0.4) is 0 Å². The number of methoxy groups -OCH3 is 1. The minimum Gasteiger partial charge on any atom is -0.468 e. The molecule has 1 aliphatic rings. The minimum atomic E-state index is -0.322. The third-order valence-electron chi connectivity index (χ3n) is 2.31. The van der Waals surface area contributed by atoms with Crippen molar-refractivity contribution >= 4 is 11.9 Å². The predicted molar refractivity (Wildman–Crippen MR) is 50.6 cm³/mol. The summed E-state index contributed by atoms with van der Waals surface area (Å²) in [6, 6.07) is -0.322. The second kappa shape index (κ2) is 4.95. The Morgan fingerprint density at radius 1 is 1.50 bits per heavy atom. The van der Waals surface area contributed by atoms with E-state index in [4.69, 9.17) is 0 Å². The lowest BCUT2D eigenvalue weighted by Gasteiger charge is -2.14. The van der Waals surface area contributed by atoms with E-state index in [0.29, 0.717) is 5.92 Å². The first-order valence-electron chi connectivity index (χ1n) is 4.70. The van der Waals surface area contributed by atoms with E-state index in [-0.39, 0.29) is 24.5 Å². The highest BCUT2D eigenvalue weighted by molar-refractivity contribution is 5.80. The summed E-state index contributed by atoms with van der Waals surface area (Å²) >= 11 is 0. The zero-order valence-corrected chi connectivity index (χ0v) is 8.50. The Morgan fingerprint density at radius 3 is 2.57 bits per heavy atom. The molecule has 0 heterocycles. The van der Waals surface area contributed by atoms with Crippen molar-refractivity contribution < 1.29 is 14.3 Å². The van der Waals surface area contributed by atoms with Gasteiger partial charge in [-0.15, -0.1) is 0 Å². The van der Waals surface area contributed by atoms with Gasteiger partial charge in [-0.1, -0.05) is 0 Å². The van der Waals surface area contributed by atoms with Gasteiger partial charge in [-0.3, -0.25) is 14.9 Å². The van der Waals surface area contributed by atoms with Gasteiger partial charge in [-0.05, 0) is 18.8 Å². The fourth-order valence-corrected chi connectivity index (χ4v) is 1.29. The third kappa shape index (κ3) is 2.99. The first-order chi connectivity index (χ1) is 6.69. The van der Waals surface area contributed by atoms with Crippen molar-refractivity contribution in [1.82, 2.24) is 10.6 Å². The molecule has 0 bridgehead atoms. The molecule has 0 spiro atoms. The van der Waals surface area contributed by atoms with Crippen molar-refractivity contribution in [2.24, 2.45) is 5.92 Å². The molecular weight excluding hydrogens is 184 g/mol. The molecule has 1 aliphatic carbocycles. The van der Waals surface area contributed by atoms with Crippen LogP contribution in [0.5, 0.6) is 0 Å². The molecule has 1 saturated carbocycles. The van der Waals surface area contributed by atoms with Crippen LogP contribution < -0.4 is 10.6 Å². The summed E-state index contributed by atoms with van der Waals surface area (Å²) in [5, 5.41) is 5.38. The third-order valence-corrected chi connectivity index (χ3v) is 2.31. The Labute approximate surface area is 83.2 Å². The van der Waals surface area contributed by atoms with Crippen LogP contribution in [-0.2, 0) is 14.3 Å². The van der Waals surface area contributed by atoms with Crippen LogP contribution in [0.2, 0.25) is 0 Å². The highest BCUT2D eigenvalue weighted by Gasteiger charge is 2.36. The Morgan fingerprint density at radius 2 is 2.14 bits per heavy atom. The molecule has 5 nitrogen and oxygen atoms in total. The summed E-state index contributed by atoms with van der Waals surface area (Å²) in [5.74, 6) is -0.0666. The van der Waals surface area contributed by atoms with E-state index in [1.54, 1.807) is 7.05 Å². The molecule has 0 saturated heterocycles. The number of carbonyl (C=O) groups excluding carboxylic acids is 2. The predicted octanol–water partition coefficient (Wildman–Crippen LogP) is -0.726. The average molecular weight is 200 g/mol. The van der Waals surface area contributed by atoms with Crippen molar-refractivity contribution in [3.05, 3.63) is 0 Å². The molecule has 80 valence electrons. The summed E-state index contributed by atoms with van der Waals surface area (Å²) in [4.78, 5) is 22.2. The highest BCUT2D eigenvalue weighted by atomic mass is 16.5. The number of hydrogen-bond donors (Lipinski definition) is 2. The Hall–Kier alpha value is -1.10. The molecule has 0 aromatic heterocycles. The lowest BCUT2D eigenvalue weighted by atomic mass is 10.2. The number of amides is 1. The molecule has 5 heteroatoms. The fraction of sp³-hybridized carbons (Fsp3) is 0.778. The van der Waals surface area contributed by atoms with Gasteiger partial charge in [0.15, 0.2) is 0 Å². The molecule has 1 unspecified atom stereocenters. The van der Waals surface area contributed by atoms with Gasteiger partial charge in [0.05, 0.1) is 13.7 Å². The number of nitrogens with one attached hydrogen (secondary N) is 2. The molecule has 0 aliphatic heterocycles. The van der Waals surface area contributed by atoms with Gasteiger partial charge in [0, 0.05) is 7.05 Å². The first-order valence-corrected chi connectivity index (χ1v) is 4.70. The summed E-state index contributed by atoms with van der Waals surface area (Å²) in [5.41, 5.74) is 0. The first kappa shape index (κ1) is 11.0.